The molecular weight excluding hydrogens is 361 g/mol. The van der Waals surface area contributed by atoms with Gasteiger partial charge in [0.15, 0.2) is 0 Å². The van der Waals surface area contributed by atoms with Crippen LogP contribution >= 0.6 is 0 Å². The second-order valence-corrected chi connectivity index (χ2v) is 7.03. The van der Waals surface area contributed by atoms with E-state index in [2.05, 4.69) is 0 Å². The van der Waals surface area contributed by atoms with E-state index in [4.69, 9.17) is 4.74 Å². The van der Waals surface area contributed by atoms with Gasteiger partial charge in [-0.2, -0.15) is 13.2 Å². The monoisotopic (exact) mass is 382 g/mol. The highest BCUT2D eigenvalue weighted by Gasteiger charge is 2.49. The van der Waals surface area contributed by atoms with Crippen molar-refractivity contribution < 1.29 is 32.6 Å². The van der Waals surface area contributed by atoms with Gasteiger partial charge in [0.2, 0.25) is 0 Å². The Morgan fingerprint density at radius 2 is 2.07 bits per heavy atom. The van der Waals surface area contributed by atoms with Crippen LogP contribution in [-0.4, -0.2) is 24.0 Å². The Hall–Kier alpha value is -2.31. The lowest BCUT2D eigenvalue weighted by atomic mass is 9.65. The van der Waals surface area contributed by atoms with Gasteiger partial charge in [0.25, 0.3) is 0 Å². The Morgan fingerprint density at radius 3 is 2.70 bits per heavy atom. The summed E-state index contributed by atoms with van der Waals surface area (Å²) in [4.78, 5) is 24.5. The van der Waals surface area contributed by atoms with Crippen LogP contribution < -0.4 is 0 Å². The molecule has 2 aliphatic carbocycles. The van der Waals surface area contributed by atoms with Crippen molar-refractivity contribution in [3.63, 3.8) is 0 Å². The average molecular weight is 382 g/mol. The van der Waals surface area contributed by atoms with E-state index in [1.807, 2.05) is 0 Å². The van der Waals surface area contributed by atoms with Crippen molar-refractivity contribution in [2.75, 3.05) is 6.61 Å². The maximum absolute atomic E-state index is 13.2. The van der Waals surface area contributed by atoms with Crippen molar-refractivity contribution in [1.29, 1.82) is 0 Å². The molecule has 2 aliphatic rings. The molecule has 0 aliphatic heterocycles. The largest absolute Gasteiger partial charge is 0.511 e. The minimum Gasteiger partial charge on any atom is -0.511 e. The highest BCUT2D eigenvalue weighted by atomic mass is 19.4. The summed E-state index contributed by atoms with van der Waals surface area (Å²) in [6.07, 6.45) is -1.73. The molecule has 146 valence electrons. The minimum absolute atomic E-state index is 0.0603. The minimum atomic E-state index is -4.55. The molecule has 0 unspecified atom stereocenters. The van der Waals surface area contributed by atoms with E-state index in [0.29, 0.717) is 19.1 Å². The average Bonchev–Trinajstić information content (AvgIpc) is 3.11. The molecule has 1 saturated carbocycles. The maximum atomic E-state index is 13.2. The number of halogens is 3. The Bertz CT molecular complexity index is 769. The van der Waals surface area contributed by atoms with Crippen LogP contribution in [0.25, 0.3) is 0 Å². The lowest BCUT2D eigenvalue weighted by Crippen LogP contribution is -2.37. The lowest BCUT2D eigenvalue weighted by Gasteiger charge is -2.38. The third kappa shape index (κ3) is 3.47. The molecule has 1 fully saturated rings. The zero-order chi connectivity index (χ0) is 19.8. The molecule has 1 aromatic rings. The summed E-state index contributed by atoms with van der Waals surface area (Å²) < 4.78 is 44.5. The molecule has 0 radical (unpaired) electrons. The Morgan fingerprint density at radius 1 is 1.33 bits per heavy atom. The first-order valence-electron chi connectivity index (χ1n) is 9.02. The van der Waals surface area contributed by atoms with Gasteiger partial charge in [-0.25, -0.2) is 4.79 Å². The van der Waals surface area contributed by atoms with Crippen LogP contribution in [0.4, 0.5) is 13.2 Å². The zero-order valence-electron chi connectivity index (χ0n) is 14.8. The van der Waals surface area contributed by atoms with Gasteiger partial charge >= 0.3 is 12.1 Å². The topological polar surface area (TPSA) is 63.6 Å². The van der Waals surface area contributed by atoms with Gasteiger partial charge in [0.1, 0.15) is 12.0 Å². The summed E-state index contributed by atoms with van der Waals surface area (Å²) in [5.41, 5.74) is -0.765. The maximum Gasteiger partial charge on any atom is 0.416 e. The van der Waals surface area contributed by atoms with Crippen LogP contribution in [0.3, 0.4) is 0 Å². The van der Waals surface area contributed by atoms with Crippen molar-refractivity contribution in [3.8, 4) is 0 Å². The molecule has 4 atom stereocenters. The van der Waals surface area contributed by atoms with Gasteiger partial charge in [0, 0.05) is 17.8 Å². The number of fused-ring (bicyclic) bond motifs is 1. The molecule has 0 amide bonds. The smallest absolute Gasteiger partial charge is 0.416 e. The highest BCUT2D eigenvalue weighted by molar-refractivity contribution is 5.92. The van der Waals surface area contributed by atoms with Crippen molar-refractivity contribution in [2.45, 2.75) is 38.3 Å². The van der Waals surface area contributed by atoms with E-state index in [1.165, 1.54) is 12.1 Å². The number of aliphatic hydroxyl groups is 1. The summed E-state index contributed by atoms with van der Waals surface area (Å²) in [5.74, 6) is -3.09. The number of alkyl halides is 3. The van der Waals surface area contributed by atoms with Crippen molar-refractivity contribution in [1.82, 2.24) is 0 Å². The molecule has 0 spiro atoms. The van der Waals surface area contributed by atoms with Gasteiger partial charge in [-0.05, 0) is 37.3 Å². The van der Waals surface area contributed by atoms with Crippen molar-refractivity contribution in [2.24, 2.45) is 17.8 Å². The van der Waals surface area contributed by atoms with Crippen LogP contribution in [-0.2, 0) is 20.5 Å². The number of carbonyl (C=O) groups excluding carboxylic acids is 2. The van der Waals surface area contributed by atoms with Crippen LogP contribution in [0.15, 0.2) is 35.6 Å². The quantitative estimate of drug-likeness (QED) is 0.619. The number of rotatable bonds is 4. The van der Waals surface area contributed by atoms with Crippen LogP contribution in [0.1, 0.15) is 43.2 Å². The lowest BCUT2D eigenvalue weighted by molar-refractivity contribution is -0.139. The van der Waals surface area contributed by atoms with Gasteiger partial charge in [-0.15, -0.1) is 0 Å². The van der Waals surface area contributed by atoms with Crippen molar-refractivity contribution >= 4 is 12.3 Å². The van der Waals surface area contributed by atoms with Gasteiger partial charge < -0.3 is 14.6 Å². The SMILES string of the molecule is CCOC(=O)C1=C(O)[C@@H]2CCC[C@@H]2[C@@H](C=O)[C@H]1c1cccc(C(F)(F)F)c1. The first-order valence-corrected chi connectivity index (χ1v) is 9.02. The number of esters is 1. The fourth-order valence-electron chi connectivity index (χ4n) is 4.50. The molecule has 0 bridgehead atoms. The molecule has 3 rings (SSSR count). The van der Waals surface area contributed by atoms with E-state index in [-0.39, 0.29) is 35.3 Å². The Kier molecular flexibility index (Phi) is 5.31. The summed E-state index contributed by atoms with van der Waals surface area (Å²) in [6, 6.07) is 4.59. The van der Waals surface area contributed by atoms with E-state index < -0.39 is 29.5 Å². The Balaban J connectivity index is 2.16. The molecule has 4 nitrogen and oxygen atoms in total. The predicted octanol–water partition coefficient (Wildman–Crippen LogP) is 4.41. The van der Waals surface area contributed by atoms with Gasteiger partial charge in [-0.1, -0.05) is 24.6 Å². The summed E-state index contributed by atoms with van der Waals surface area (Å²) in [7, 11) is 0. The summed E-state index contributed by atoms with van der Waals surface area (Å²) in [5, 5.41) is 10.8. The number of hydrogen-bond donors (Lipinski definition) is 1. The van der Waals surface area contributed by atoms with E-state index in [0.717, 1.165) is 18.6 Å². The number of carbonyl (C=O) groups is 2. The first-order chi connectivity index (χ1) is 12.8. The third-order valence-corrected chi connectivity index (χ3v) is 5.61. The van der Waals surface area contributed by atoms with E-state index in [1.54, 1.807) is 6.92 Å². The van der Waals surface area contributed by atoms with E-state index >= 15 is 0 Å². The van der Waals surface area contributed by atoms with Crippen LogP contribution in [0.2, 0.25) is 0 Å². The summed E-state index contributed by atoms with van der Waals surface area (Å²) >= 11 is 0. The molecule has 7 heteroatoms. The number of benzene rings is 1. The van der Waals surface area contributed by atoms with E-state index in [9.17, 15) is 27.9 Å². The molecular formula is C20H21F3O4. The molecule has 1 N–H and O–H groups in total. The van der Waals surface area contributed by atoms with Gasteiger partial charge in [-0.3, -0.25) is 0 Å². The number of ether oxygens (including phenoxy) is 1. The number of aldehydes is 1. The normalized spacial score (nSPS) is 28.0. The van der Waals surface area contributed by atoms with Crippen molar-refractivity contribution in [3.05, 3.63) is 46.7 Å². The summed E-state index contributed by atoms with van der Waals surface area (Å²) in [6.45, 7) is 1.66. The second-order valence-electron chi connectivity index (χ2n) is 7.03. The predicted molar refractivity (Wildman–Crippen MR) is 90.9 cm³/mol. The molecule has 0 heterocycles. The number of aliphatic hydroxyl groups excluding tert-OH is 1. The molecule has 0 aromatic heterocycles. The number of allylic oxidation sites excluding steroid dienone is 1. The fourth-order valence-corrected chi connectivity index (χ4v) is 4.50. The molecule has 0 saturated heterocycles. The number of hydrogen-bond acceptors (Lipinski definition) is 4. The molecule has 1 aromatic carbocycles. The van der Waals surface area contributed by atoms with Crippen LogP contribution in [0.5, 0.6) is 0 Å². The third-order valence-electron chi connectivity index (χ3n) is 5.61. The zero-order valence-corrected chi connectivity index (χ0v) is 14.8. The fraction of sp³-hybridized carbons (Fsp3) is 0.500. The Labute approximate surface area is 155 Å². The second kappa shape index (κ2) is 7.37. The van der Waals surface area contributed by atoms with Crippen LogP contribution in [0, 0.1) is 17.8 Å². The standard InChI is InChI=1S/C20H21F3O4/c1-2-27-19(26)17-16(11-5-3-6-12(9-11)20(21,22)23)15(10-24)13-7-4-8-14(13)18(17)25/h3,5-6,9-10,13-16,25H,2,4,7-8H2,1H3/t13-,14+,15+,16+/m0/s1. The first kappa shape index (κ1) is 19.5. The highest BCUT2D eigenvalue weighted by Crippen LogP contribution is 2.53. The van der Waals surface area contributed by atoms with Gasteiger partial charge in [0.05, 0.1) is 17.7 Å². The molecule has 27 heavy (non-hydrogen) atoms.